The highest BCUT2D eigenvalue weighted by Gasteiger charge is 2.46. The largest absolute Gasteiger partial charge is 0.478 e. The molecular weight excluding hydrogens is 244 g/mol. The average molecular weight is 270 g/mol. The molecule has 0 radical (unpaired) electrons. The maximum atomic E-state index is 12.2. The van der Waals surface area contributed by atoms with Crippen LogP contribution in [0.4, 0.5) is 0 Å². The predicted octanol–water partition coefficient (Wildman–Crippen LogP) is 2.25. The number of carbonyl (C=O) groups excluding carboxylic acids is 1. The fraction of sp³-hybridized carbons (Fsp3) is 0.467. The summed E-state index contributed by atoms with van der Waals surface area (Å²) in [7, 11) is 0. The molecule has 0 aliphatic heterocycles. The Labute approximate surface area is 121 Å². The molecule has 1 atom stereocenters. The first-order valence-corrected chi connectivity index (χ1v) is 5.59. The maximum Gasteiger partial charge on any atom is 0.328 e. The van der Waals surface area contributed by atoms with Crippen molar-refractivity contribution in [3.8, 4) is 0 Å². The van der Waals surface area contributed by atoms with Gasteiger partial charge in [0.25, 0.3) is 0 Å². The molecule has 0 amide bonds. The Morgan fingerprint density at radius 2 is 2.26 bits per heavy atom. The third-order valence-electron chi connectivity index (χ3n) is 2.94. The van der Waals surface area contributed by atoms with Crippen molar-refractivity contribution in [3.63, 3.8) is 0 Å². The van der Waals surface area contributed by atoms with Crippen molar-refractivity contribution in [1.29, 1.82) is 0 Å². The summed E-state index contributed by atoms with van der Waals surface area (Å²) in [5.41, 5.74) is -5.15. The second-order valence-electron chi connectivity index (χ2n) is 4.91. The van der Waals surface area contributed by atoms with Gasteiger partial charge in [-0.05, 0) is 37.0 Å². The first kappa shape index (κ1) is 8.48. The van der Waals surface area contributed by atoms with Crippen molar-refractivity contribution < 1.29 is 28.0 Å². The molecular formula is C15H20O4. The van der Waals surface area contributed by atoms with E-state index < -0.39 is 47.6 Å². The number of hydrogen-bond acceptors (Lipinski definition) is 3. The fourth-order valence-electron chi connectivity index (χ4n) is 1.72. The second-order valence-corrected chi connectivity index (χ2v) is 4.91. The number of rotatable bonds is 3. The van der Waals surface area contributed by atoms with Crippen LogP contribution in [0, 0.1) is 5.41 Å². The van der Waals surface area contributed by atoms with E-state index in [9.17, 15) is 14.7 Å². The van der Waals surface area contributed by atoms with Crippen LogP contribution in [0.15, 0.2) is 35.4 Å². The van der Waals surface area contributed by atoms with Gasteiger partial charge in [0, 0.05) is 24.7 Å². The summed E-state index contributed by atoms with van der Waals surface area (Å²) >= 11 is 0. The predicted molar refractivity (Wildman–Crippen MR) is 72.6 cm³/mol. The molecule has 0 aromatic heterocycles. The van der Waals surface area contributed by atoms with E-state index in [0.717, 1.165) is 18.2 Å². The Morgan fingerprint density at radius 3 is 2.79 bits per heavy atom. The third kappa shape index (κ3) is 3.20. The number of ketones is 1. The van der Waals surface area contributed by atoms with E-state index in [0.29, 0.717) is 0 Å². The molecule has 0 aromatic rings. The van der Waals surface area contributed by atoms with Crippen LogP contribution in [0.1, 0.15) is 42.2 Å². The molecule has 2 N–H and O–H groups in total. The molecule has 0 saturated heterocycles. The van der Waals surface area contributed by atoms with Gasteiger partial charge < -0.3 is 10.2 Å². The monoisotopic (exact) mass is 270 g/mol. The summed E-state index contributed by atoms with van der Waals surface area (Å²) in [5.74, 6) is -2.57. The quantitative estimate of drug-likeness (QED) is 0.609. The molecule has 104 valence electrons. The van der Waals surface area contributed by atoms with Gasteiger partial charge in [0.2, 0.25) is 0 Å². The van der Waals surface area contributed by atoms with Gasteiger partial charge in [0.05, 0.1) is 1.37 Å². The van der Waals surface area contributed by atoms with Crippen LogP contribution < -0.4 is 0 Å². The van der Waals surface area contributed by atoms with Crippen LogP contribution in [-0.4, -0.2) is 27.6 Å². The van der Waals surface area contributed by atoms with Gasteiger partial charge in [-0.3, -0.25) is 4.79 Å². The normalized spacial score (nSPS) is 36.0. The van der Waals surface area contributed by atoms with Crippen molar-refractivity contribution in [2.75, 3.05) is 0 Å². The molecule has 1 aliphatic carbocycles. The molecule has 4 nitrogen and oxygen atoms in total. The summed E-state index contributed by atoms with van der Waals surface area (Å²) in [6.07, 6.45) is 0.168. The fourth-order valence-corrected chi connectivity index (χ4v) is 1.72. The van der Waals surface area contributed by atoms with Crippen molar-refractivity contribution in [2.24, 2.45) is 5.41 Å². The van der Waals surface area contributed by atoms with E-state index in [1.54, 1.807) is 0 Å². The topological polar surface area (TPSA) is 74.6 Å². The van der Waals surface area contributed by atoms with Crippen LogP contribution in [0.5, 0.6) is 0 Å². The Hall–Kier alpha value is -1.68. The number of carboxylic acid groups (broad SMARTS) is 1. The minimum Gasteiger partial charge on any atom is -0.478 e. The van der Waals surface area contributed by atoms with Crippen molar-refractivity contribution >= 4 is 11.8 Å². The number of allylic oxidation sites excluding steroid dienone is 3. The highest BCUT2D eigenvalue weighted by atomic mass is 16.4. The molecule has 0 fully saturated rings. The molecule has 1 rings (SSSR count). The number of aliphatic hydroxyl groups is 1. The molecule has 0 spiro atoms. The van der Waals surface area contributed by atoms with E-state index >= 15 is 0 Å². The third-order valence-corrected chi connectivity index (χ3v) is 2.94. The Balaban J connectivity index is 3.78. The van der Waals surface area contributed by atoms with Crippen LogP contribution in [-0.2, 0) is 9.59 Å². The summed E-state index contributed by atoms with van der Waals surface area (Å²) < 4.78 is 46.5. The van der Waals surface area contributed by atoms with Crippen molar-refractivity contribution in [3.05, 3.63) is 35.4 Å². The number of carbonyl (C=O) groups is 2. The Bertz CT molecular complexity index is 699. The molecule has 0 aromatic carbocycles. The summed E-state index contributed by atoms with van der Waals surface area (Å²) in [6.45, 7) is 0.737. The van der Waals surface area contributed by atoms with E-state index in [4.69, 9.17) is 13.3 Å². The van der Waals surface area contributed by atoms with Gasteiger partial charge in [0.1, 0.15) is 5.60 Å². The van der Waals surface area contributed by atoms with Gasteiger partial charge in [-0.25, -0.2) is 4.79 Å². The highest BCUT2D eigenvalue weighted by molar-refractivity contribution is 5.92. The summed E-state index contributed by atoms with van der Waals surface area (Å²) in [4.78, 5) is 22.9. The summed E-state index contributed by atoms with van der Waals surface area (Å²) in [6, 6.07) is -1.10. The lowest BCUT2D eigenvalue weighted by atomic mass is 9.64. The smallest absolute Gasteiger partial charge is 0.328 e. The minimum absolute atomic E-state index is 0.158. The first-order chi connectivity index (χ1) is 11.0. The van der Waals surface area contributed by atoms with Gasteiger partial charge >= 0.3 is 5.97 Å². The zero-order valence-electron chi connectivity index (χ0n) is 16.9. The Kier molecular flexibility index (Phi) is 2.29. The lowest BCUT2D eigenvalue weighted by Crippen LogP contribution is -2.48. The van der Waals surface area contributed by atoms with Gasteiger partial charge in [-0.15, -0.1) is 0 Å². The maximum absolute atomic E-state index is 12.2. The van der Waals surface area contributed by atoms with E-state index in [1.807, 2.05) is 0 Å². The summed E-state index contributed by atoms with van der Waals surface area (Å²) in [5, 5.41) is 19.8. The molecule has 0 unspecified atom stereocenters. The number of carboxylic acids is 1. The zero-order valence-corrected chi connectivity index (χ0v) is 10.9. The zero-order chi connectivity index (χ0) is 20.0. The molecule has 0 saturated carbocycles. The van der Waals surface area contributed by atoms with Crippen LogP contribution in [0.25, 0.3) is 0 Å². The van der Waals surface area contributed by atoms with Crippen molar-refractivity contribution in [2.45, 2.75) is 39.6 Å². The molecule has 0 bridgehead atoms. The lowest BCUT2D eigenvalue weighted by molar-refractivity contribution is -0.131. The second kappa shape index (κ2) is 5.13. The van der Waals surface area contributed by atoms with Crippen LogP contribution in [0.3, 0.4) is 0 Å². The van der Waals surface area contributed by atoms with E-state index in [-0.39, 0.29) is 5.57 Å². The molecule has 0 heterocycles. The van der Waals surface area contributed by atoms with Gasteiger partial charge in [-0.1, -0.05) is 19.9 Å². The highest BCUT2D eigenvalue weighted by Crippen LogP contribution is 2.44. The van der Waals surface area contributed by atoms with E-state index in [2.05, 4.69) is 0 Å². The van der Waals surface area contributed by atoms with Crippen molar-refractivity contribution in [1.82, 2.24) is 0 Å². The molecule has 4 heteroatoms. The average Bonchev–Trinajstić information content (AvgIpc) is 2.40. The number of hydrogen-bond donors (Lipinski definition) is 2. The molecule has 1 aliphatic rings. The first-order valence-electron chi connectivity index (χ1n) is 8.59. The standard InChI is InChI=1S/C15H20O4/c1-10(7-13(17)18)5-6-15(19)11(2)8-12(16)9-14(15,3)4/h5-8,19H,9H2,1-4H3,(H,17,18)/b6-5+,10-7-/t15-/m0/s1/i2D3,8D,9D2. The van der Waals surface area contributed by atoms with Gasteiger partial charge in [0.15, 0.2) is 5.78 Å². The minimum atomic E-state index is -3.02. The van der Waals surface area contributed by atoms with Crippen LogP contribution >= 0.6 is 0 Å². The Morgan fingerprint density at radius 1 is 1.63 bits per heavy atom. The SMILES string of the molecule is [2H]C1=C(C([2H])([2H])[2H])[C@@](O)(/C=C/C(C)=C\C(=O)O)C(C)(C)C([2H])([2H])C1=O. The molecule has 19 heavy (non-hydrogen) atoms. The number of aliphatic carboxylic acids is 1. The lowest BCUT2D eigenvalue weighted by Gasteiger charge is -2.43. The van der Waals surface area contributed by atoms with E-state index in [1.165, 1.54) is 20.8 Å². The van der Waals surface area contributed by atoms with Crippen LogP contribution in [0.2, 0.25) is 0 Å². The van der Waals surface area contributed by atoms with Gasteiger partial charge in [-0.2, -0.15) is 0 Å².